The summed E-state index contributed by atoms with van der Waals surface area (Å²) in [6.07, 6.45) is 6.89. The average molecular weight is 287 g/mol. The number of piperidine rings is 1. The molecular weight excluding hydrogens is 270 g/mol. The highest BCUT2D eigenvalue weighted by Gasteiger charge is 2.25. The van der Waals surface area contributed by atoms with Crippen molar-refractivity contribution >= 4 is 5.91 Å². The molecule has 7 nitrogen and oxygen atoms in total. The van der Waals surface area contributed by atoms with Crippen LogP contribution < -0.4 is 4.74 Å². The smallest absolute Gasteiger partial charge is 0.255 e. The Morgan fingerprint density at radius 1 is 1.33 bits per heavy atom. The van der Waals surface area contributed by atoms with E-state index in [4.69, 9.17) is 4.74 Å². The lowest BCUT2D eigenvalue weighted by Gasteiger charge is -2.31. The Balaban J connectivity index is 1.62. The van der Waals surface area contributed by atoms with Gasteiger partial charge in [-0.1, -0.05) is 5.21 Å². The number of amides is 1. The van der Waals surface area contributed by atoms with E-state index >= 15 is 0 Å². The summed E-state index contributed by atoms with van der Waals surface area (Å²) in [6.45, 7) is 1.44. The molecule has 0 aliphatic carbocycles. The zero-order valence-corrected chi connectivity index (χ0v) is 11.8. The van der Waals surface area contributed by atoms with Gasteiger partial charge in [-0.25, -0.2) is 9.67 Å². The Morgan fingerprint density at radius 3 is 2.71 bits per heavy atom. The van der Waals surface area contributed by atoms with Gasteiger partial charge in [-0.15, -0.1) is 5.10 Å². The van der Waals surface area contributed by atoms with Gasteiger partial charge in [0.25, 0.3) is 5.91 Å². The van der Waals surface area contributed by atoms with Gasteiger partial charge in [-0.2, -0.15) is 0 Å². The monoisotopic (exact) mass is 287 g/mol. The summed E-state index contributed by atoms with van der Waals surface area (Å²) >= 11 is 0. The Labute approximate surface area is 122 Å². The number of aromatic nitrogens is 4. The zero-order valence-electron chi connectivity index (χ0n) is 11.8. The maximum absolute atomic E-state index is 12.4. The number of ether oxygens (including phenoxy) is 1. The molecule has 1 saturated heterocycles. The third-order valence-corrected chi connectivity index (χ3v) is 3.76. The molecule has 3 heterocycles. The Kier molecular flexibility index (Phi) is 3.81. The highest BCUT2D eigenvalue weighted by molar-refractivity contribution is 5.94. The molecule has 1 fully saturated rings. The van der Waals surface area contributed by atoms with E-state index in [0.29, 0.717) is 17.5 Å². The topological polar surface area (TPSA) is 73.1 Å². The summed E-state index contributed by atoms with van der Waals surface area (Å²) in [7, 11) is 1.55. The number of carbonyl (C=O) groups is 1. The van der Waals surface area contributed by atoms with E-state index in [-0.39, 0.29) is 5.91 Å². The average Bonchev–Trinajstić information content (AvgIpc) is 3.09. The first-order valence-corrected chi connectivity index (χ1v) is 6.93. The number of carbonyl (C=O) groups excluding carboxylic acids is 1. The minimum atomic E-state index is 0.0159. The summed E-state index contributed by atoms with van der Waals surface area (Å²) < 4.78 is 6.87. The predicted octanol–water partition coefficient (Wildman–Crippen LogP) is 1.16. The van der Waals surface area contributed by atoms with Crippen LogP contribution in [0.15, 0.2) is 30.7 Å². The fraction of sp³-hybridized carbons (Fsp3) is 0.429. The molecule has 1 aliphatic rings. The largest absolute Gasteiger partial charge is 0.481 e. The quantitative estimate of drug-likeness (QED) is 0.847. The SMILES string of the molecule is COc1ccc(C(=O)N2CCC(n3ccnn3)CC2)cn1. The number of nitrogens with zero attached hydrogens (tertiary/aromatic N) is 5. The summed E-state index contributed by atoms with van der Waals surface area (Å²) in [5, 5.41) is 7.85. The van der Waals surface area contributed by atoms with Crippen LogP contribution in [-0.4, -0.2) is 51.0 Å². The van der Waals surface area contributed by atoms with Crippen molar-refractivity contribution in [1.82, 2.24) is 24.9 Å². The molecule has 110 valence electrons. The molecule has 0 unspecified atom stereocenters. The lowest BCUT2D eigenvalue weighted by Crippen LogP contribution is -2.39. The van der Waals surface area contributed by atoms with Gasteiger partial charge in [-0.3, -0.25) is 4.79 Å². The molecular formula is C14H17N5O2. The van der Waals surface area contributed by atoms with Gasteiger partial charge in [0.05, 0.1) is 24.9 Å². The highest BCUT2D eigenvalue weighted by Crippen LogP contribution is 2.22. The maximum Gasteiger partial charge on any atom is 0.255 e. The van der Waals surface area contributed by atoms with E-state index in [2.05, 4.69) is 15.3 Å². The van der Waals surface area contributed by atoms with Crippen molar-refractivity contribution in [3.8, 4) is 5.88 Å². The molecule has 0 spiro atoms. The van der Waals surface area contributed by atoms with Crippen molar-refractivity contribution in [1.29, 1.82) is 0 Å². The molecule has 0 aromatic carbocycles. The number of hydrogen-bond donors (Lipinski definition) is 0. The van der Waals surface area contributed by atoms with E-state index in [1.165, 1.54) is 0 Å². The van der Waals surface area contributed by atoms with Crippen molar-refractivity contribution in [3.63, 3.8) is 0 Å². The van der Waals surface area contributed by atoms with Crippen LogP contribution in [0.2, 0.25) is 0 Å². The molecule has 1 amide bonds. The first-order chi connectivity index (χ1) is 10.3. The lowest BCUT2D eigenvalue weighted by atomic mass is 10.0. The van der Waals surface area contributed by atoms with Crippen LogP contribution in [0.1, 0.15) is 29.2 Å². The van der Waals surface area contributed by atoms with Crippen molar-refractivity contribution in [2.75, 3.05) is 20.2 Å². The molecule has 21 heavy (non-hydrogen) atoms. The predicted molar refractivity (Wildman–Crippen MR) is 75.0 cm³/mol. The van der Waals surface area contributed by atoms with E-state index in [1.54, 1.807) is 31.6 Å². The second-order valence-electron chi connectivity index (χ2n) is 5.00. The van der Waals surface area contributed by atoms with Crippen LogP contribution in [0.5, 0.6) is 5.88 Å². The Hall–Kier alpha value is -2.44. The third-order valence-electron chi connectivity index (χ3n) is 3.76. The summed E-state index contributed by atoms with van der Waals surface area (Å²) in [5.41, 5.74) is 0.593. The van der Waals surface area contributed by atoms with Gasteiger partial charge < -0.3 is 9.64 Å². The molecule has 0 atom stereocenters. The molecule has 0 N–H and O–H groups in total. The van der Waals surface area contributed by atoms with E-state index in [0.717, 1.165) is 25.9 Å². The second-order valence-corrected chi connectivity index (χ2v) is 5.00. The number of methoxy groups -OCH3 is 1. The normalized spacial score (nSPS) is 16.0. The van der Waals surface area contributed by atoms with E-state index in [9.17, 15) is 4.79 Å². The van der Waals surface area contributed by atoms with Crippen LogP contribution in [0, 0.1) is 0 Å². The minimum absolute atomic E-state index is 0.0159. The molecule has 3 rings (SSSR count). The summed E-state index contributed by atoms with van der Waals surface area (Å²) in [6, 6.07) is 3.78. The van der Waals surface area contributed by atoms with Crippen LogP contribution in [-0.2, 0) is 0 Å². The summed E-state index contributed by atoms with van der Waals surface area (Å²) in [5.74, 6) is 0.527. The summed E-state index contributed by atoms with van der Waals surface area (Å²) in [4.78, 5) is 18.3. The second kappa shape index (κ2) is 5.90. The number of pyridine rings is 1. The van der Waals surface area contributed by atoms with Gasteiger partial charge >= 0.3 is 0 Å². The number of likely N-dealkylation sites (tertiary alicyclic amines) is 1. The molecule has 0 bridgehead atoms. The van der Waals surface area contributed by atoms with Gasteiger partial charge in [0.1, 0.15) is 0 Å². The van der Waals surface area contributed by atoms with Gasteiger partial charge in [0, 0.05) is 31.5 Å². The van der Waals surface area contributed by atoms with Gasteiger partial charge in [0.2, 0.25) is 5.88 Å². The Bertz CT molecular complexity index is 588. The molecule has 0 saturated carbocycles. The van der Waals surface area contributed by atoms with Gasteiger partial charge in [-0.05, 0) is 18.9 Å². The van der Waals surface area contributed by atoms with E-state index in [1.807, 2.05) is 15.8 Å². The van der Waals surface area contributed by atoms with Crippen LogP contribution in [0.3, 0.4) is 0 Å². The molecule has 1 aliphatic heterocycles. The standard InChI is InChI=1S/C14H17N5O2/c1-21-13-3-2-11(10-15-13)14(20)18-7-4-12(5-8-18)19-9-6-16-17-19/h2-3,6,9-10,12H,4-5,7-8H2,1H3. The zero-order chi connectivity index (χ0) is 14.7. The van der Waals surface area contributed by atoms with Crippen molar-refractivity contribution in [2.45, 2.75) is 18.9 Å². The van der Waals surface area contributed by atoms with Crippen molar-refractivity contribution < 1.29 is 9.53 Å². The highest BCUT2D eigenvalue weighted by atomic mass is 16.5. The van der Waals surface area contributed by atoms with Crippen molar-refractivity contribution in [3.05, 3.63) is 36.3 Å². The van der Waals surface area contributed by atoms with Crippen LogP contribution in [0.4, 0.5) is 0 Å². The molecule has 0 radical (unpaired) electrons. The first-order valence-electron chi connectivity index (χ1n) is 6.93. The van der Waals surface area contributed by atoms with Gasteiger partial charge in [0.15, 0.2) is 0 Å². The Morgan fingerprint density at radius 2 is 2.14 bits per heavy atom. The number of hydrogen-bond acceptors (Lipinski definition) is 5. The molecule has 2 aromatic heterocycles. The maximum atomic E-state index is 12.4. The van der Waals surface area contributed by atoms with Crippen molar-refractivity contribution in [2.24, 2.45) is 0 Å². The fourth-order valence-corrected chi connectivity index (χ4v) is 2.56. The fourth-order valence-electron chi connectivity index (χ4n) is 2.56. The van der Waals surface area contributed by atoms with Crippen LogP contribution >= 0.6 is 0 Å². The van der Waals surface area contributed by atoms with Crippen LogP contribution in [0.25, 0.3) is 0 Å². The third kappa shape index (κ3) is 2.86. The van der Waals surface area contributed by atoms with E-state index < -0.39 is 0 Å². The first kappa shape index (κ1) is 13.5. The minimum Gasteiger partial charge on any atom is -0.481 e. The number of rotatable bonds is 3. The molecule has 7 heteroatoms. The lowest BCUT2D eigenvalue weighted by molar-refractivity contribution is 0.0688. The molecule has 2 aromatic rings.